The van der Waals surface area contributed by atoms with Gasteiger partial charge >= 0.3 is 0 Å². The Morgan fingerprint density at radius 1 is 1.19 bits per heavy atom. The highest BCUT2D eigenvalue weighted by Gasteiger charge is 2.17. The molecule has 0 spiro atoms. The van der Waals surface area contributed by atoms with E-state index < -0.39 is 0 Å². The molecule has 1 unspecified atom stereocenters. The summed E-state index contributed by atoms with van der Waals surface area (Å²) >= 11 is 0. The van der Waals surface area contributed by atoms with E-state index in [-0.39, 0.29) is 0 Å². The van der Waals surface area contributed by atoms with Crippen LogP contribution in [-0.2, 0) is 0 Å². The minimum Gasteiger partial charge on any atom is -0.496 e. The van der Waals surface area contributed by atoms with E-state index in [1.165, 1.54) is 16.7 Å². The third-order valence-corrected chi connectivity index (χ3v) is 3.24. The molecule has 2 heteroatoms. The molecule has 0 amide bonds. The van der Waals surface area contributed by atoms with E-state index in [0.717, 1.165) is 5.75 Å². The van der Waals surface area contributed by atoms with Gasteiger partial charge in [-0.25, -0.2) is 0 Å². The molecule has 1 aromatic rings. The van der Waals surface area contributed by atoms with Gasteiger partial charge in [0, 0.05) is 0 Å². The Balaban J connectivity index is 3.18. The van der Waals surface area contributed by atoms with Crippen molar-refractivity contribution in [2.45, 2.75) is 33.6 Å². The van der Waals surface area contributed by atoms with E-state index in [9.17, 15) is 0 Å². The first kappa shape index (κ1) is 13.0. The highest BCUT2D eigenvalue weighted by molar-refractivity contribution is 5.43. The smallest absolute Gasteiger partial charge is 0.122 e. The summed E-state index contributed by atoms with van der Waals surface area (Å²) in [6.07, 6.45) is 0. The fraction of sp³-hybridized carbons (Fsp3) is 0.571. The van der Waals surface area contributed by atoms with Crippen LogP contribution < -0.4 is 10.5 Å². The Hall–Kier alpha value is -1.02. The topological polar surface area (TPSA) is 35.2 Å². The first-order chi connectivity index (χ1) is 7.51. The molecule has 0 heterocycles. The third-order valence-electron chi connectivity index (χ3n) is 3.24. The zero-order valence-electron chi connectivity index (χ0n) is 11.0. The molecule has 1 rings (SSSR count). The van der Waals surface area contributed by atoms with Crippen molar-refractivity contribution in [1.29, 1.82) is 0 Å². The standard InChI is InChI=1S/C14H23NO/c1-9(2)13(8-15)12-6-11(4)14(16-5)7-10(12)3/h6-7,9,13H,8,15H2,1-5H3. The summed E-state index contributed by atoms with van der Waals surface area (Å²) in [5.41, 5.74) is 9.67. The minimum atomic E-state index is 0.435. The van der Waals surface area contributed by atoms with Gasteiger partial charge in [0.15, 0.2) is 0 Å². The normalized spacial score (nSPS) is 12.9. The van der Waals surface area contributed by atoms with E-state index >= 15 is 0 Å². The number of rotatable bonds is 4. The van der Waals surface area contributed by atoms with Gasteiger partial charge < -0.3 is 10.5 Å². The van der Waals surface area contributed by atoms with Crippen LogP contribution >= 0.6 is 0 Å². The summed E-state index contributed by atoms with van der Waals surface area (Å²) < 4.78 is 5.32. The van der Waals surface area contributed by atoms with E-state index in [2.05, 4.69) is 39.8 Å². The summed E-state index contributed by atoms with van der Waals surface area (Å²) in [6, 6.07) is 4.32. The number of hydrogen-bond acceptors (Lipinski definition) is 2. The lowest BCUT2D eigenvalue weighted by Crippen LogP contribution is -2.19. The van der Waals surface area contributed by atoms with Crippen molar-refractivity contribution in [3.63, 3.8) is 0 Å². The Bertz CT molecular complexity index is 358. The van der Waals surface area contributed by atoms with Crippen molar-refractivity contribution in [1.82, 2.24) is 0 Å². The van der Waals surface area contributed by atoms with Crippen LogP contribution in [0.15, 0.2) is 12.1 Å². The Morgan fingerprint density at radius 2 is 1.81 bits per heavy atom. The van der Waals surface area contributed by atoms with Gasteiger partial charge in [-0.05, 0) is 55.0 Å². The van der Waals surface area contributed by atoms with Crippen LogP contribution in [0, 0.1) is 19.8 Å². The van der Waals surface area contributed by atoms with Crippen LogP contribution in [0.3, 0.4) is 0 Å². The van der Waals surface area contributed by atoms with Gasteiger partial charge in [-0.2, -0.15) is 0 Å². The maximum absolute atomic E-state index is 5.86. The maximum atomic E-state index is 5.86. The monoisotopic (exact) mass is 221 g/mol. The lowest BCUT2D eigenvalue weighted by molar-refractivity contribution is 0.410. The molecule has 16 heavy (non-hydrogen) atoms. The second kappa shape index (κ2) is 5.35. The van der Waals surface area contributed by atoms with Gasteiger partial charge in [0.05, 0.1) is 7.11 Å². The van der Waals surface area contributed by atoms with E-state index in [4.69, 9.17) is 10.5 Å². The van der Waals surface area contributed by atoms with Crippen molar-refractivity contribution < 1.29 is 4.74 Å². The molecule has 90 valence electrons. The van der Waals surface area contributed by atoms with Crippen molar-refractivity contribution in [2.75, 3.05) is 13.7 Å². The number of methoxy groups -OCH3 is 1. The summed E-state index contributed by atoms with van der Waals surface area (Å²) in [4.78, 5) is 0. The zero-order chi connectivity index (χ0) is 12.3. The zero-order valence-corrected chi connectivity index (χ0v) is 11.0. The molecule has 0 aliphatic rings. The van der Waals surface area contributed by atoms with Crippen molar-refractivity contribution >= 4 is 0 Å². The van der Waals surface area contributed by atoms with Gasteiger partial charge in [-0.15, -0.1) is 0 Å². The van der Waals surface area contributed by atoms with Crippen LogP contribution in [-0.4, -0.2) is 13.7 Å². The summed E-state index contributed by atoms with van der Waals surface area (Å²) in [7, 11) is 1.71. The summed E-state index contributed by atoms with van der Waals surface area (Å²) in [5.74, 6) is 1.96. The van der Waals surface area contributed by atoms with Crippen molar-refractivity contribution in [2.24, 2.45) is 11.7 Å². The molecule has 1 atom stereocenters. The minimum absolute atomic E-state index is 0.435. The molecule has 0 bridgehead atoms. The molecule has 0 saturated carbocycles. The average Bonchev–Trinajstić information content (AvgIpc) is 2.23. The number of ether oxygens (including phenoxy) is 1. The predicted molar refractivity (Wildman–Crippen MR) is 69.1 cm³/mol. The molecule has 0 aliphatic heterocycles. The number of nitrogens with two attached hydrogens (primary N) is 1. The van der Waals surface area contributed by atoms with Crippen LogP contribution in [0.4, 0.5) is 0 Å². The number of hydrogen-bond donors (Lipinski definition) is 1. The van der Waals surface area contributed by atoms with Gasteiger partial charge in [-0.1, -0.05) is 19.9 Å². The first-order valence-corrected chi connectivity index (χ1v) is 5.86. The molecule has 2 nitrogen and oxygen atoms in total. The second-order valence-electron chi connectivity index (χ2n) is 4.76. The van der Waals surface area contributed by atoms with Gasteiger partial charge in [0.1, 0.15) is 5.75 Å². The van der Waals surface area contributed by atoms with Gasteiger partial charge in [0.25, 0.3) is 0 Å². The molecule has 0 radical (unpaired) electrons. The highest BCUT2D eigenvalue weighted by atomic mass is 16.5. The molecule has 0 aromatic heterocycles. The second-order valence-corrected chi connectivity index (χ2v) is 4.76. The highest BCUT2D eigenvalue weighted by Crippen LogP contribution is 2.31. The van der Waals surface area contributed by atoms with Crippen LogP contribution in [0.5, 0.6) is 5.75 Å². The molecular formula is C14H23NO. The van der Waals surface area contributed by atoms with Crippen LogP contribution in [0.25, 0.3) is 0 Å². The predicted octanol–water partition coefficient (Wildman–Crippen LogP) is 3.01. The summed E-state index contributed by atoms with van der Waals surface area (Å²) in [5, 5.41) is 0. The van der Waals surface area contributed by atoms with Crippen molar-refractivity contribution in [3.8, 4) is 5.75 Å². The number of aryl methyl sites for hydroxylation is 2. The Kier molecular flexibility index (Phi) is 4.36. The quantitative estimate of drug-likeness (QED) is 0.848. The van der Waals surface area contributed by atoms with Gasteiger partial charge in [-0.3, -0.25) is 0 Å². The fourth-order valence-electron chi connectivity index (χ4n) is 2.19. The Labute approximate surface area is 98.8 Å². The van der Waals surface area contributed by atoms with E-state index in [0.29, 0.717) is 18.4 Å². The molecule has 0 saturated heterocycles. The van der Waals surface area contributed by atoms with Crippen LogP contribution in [0.2, 0.25) is 0 Å². The SMILES string of the molecule is COc1cc(C)c(C(CN)C(C)C)cc1C. The number of benzene rings is 1. The molecular weight excluding hydrogens is 198 g/mol. The van der Waals surface area contributed by atoms with E-state index in [1.807, 2.05) is 0 Å². The van der Waals surface area contributed by atoms with Crippen molar-refractivity contribution in [3.05, 3.63) is 28.8 Å². The largest absolute Gasteiger partial charge is 0.496 e. The average molecular weight is 221 g/mol. The molecule has 1 aromatic carbocycles. The van der Waals surface area contributed by atoms with Crippen LogP contribution in [0.1, 0.15) is 36.5 Å². The van der Waals surface area contributed by atoms with E-state index in [1.54, 1.807) is 7.11 Å². The maximum Gasteiger partial charge on any atom is 0.122 e. The molecule has 0 aliphatic carbocycles. The fourth-order valence-corrected chi connectivity index (χ4v) is 2.19. The molecule has 2 N–H and O–H groups in total. The molecule has 0 fully saturated rings. The lowest BCUT2D eigenvalue weighted by atomic mass is 9.85. The Morgan fingerprint density at radius 3 is 2.25 bits per heavy atom. The first-order valence-electron chi connectivity index (χ1n) is 5.86. The van der Waals surface area contributed by atoms with Gasteiger partial charge in [0.2, 0.25) is 0 Å². The summed E-state index contributed by atoms with van der Waals surface area (Å²) in [6.45, 7) is 9.34. The lowest BCUT2D eigenvalue weighted by Gasteiger charge is -2.22. The third kappa shape index (κ3) is 2.56.